The van der Waals surface area contributed by atoms with Gasteiger partial charge < -0.3 is 24.6 Å². The minimum Gasteiger partial charge on any atom is -0.449 e. The van der Waals surface area contributed by atoms with Crippen molar-refractivity contribution in [2.75, 3.05) is 24.5 Å². The van der Waals surface area contributed by atoms with Crippen molar-refractivity contribution in [3.05, 3.63) is 69.0 Å². The number of carbonyl (C=O) groups is 1. The predicted octanol–water partition coefficient (Wildman–Crippen LogP) is 4.48. The molecule has 1 aliphatic heterocycles. The molecule has 1 aromatic heterocycles. The summed E-state index contributed by atoms with van der Waals surface area (Å²) in [5.41, 5.74) is 0.389. The van der Waals surface area contributed by atoms with Gasteiger partial charge in [0.25, 0.3) is 0 Å². The quantitative estimate of drug-likeness (QED) is 0.541. The summed E-state index contributed by atoms with van der Waals surface area (Å²) in [7, 11) is 0. The second-order valence-corrected chi connectivity index (χ2v) is 8.66. The summed E-state index contributed by atoms with van der Waals surface area (Å²) >= 11 is 6.48. The second-order valence-electron chi connectivity index (χ2n) is 8.25. The minimum atomic E-state index is -1.62. The number of fused-ring (bicyclic) bond motifs is 1. The van der Waals surface area contributed by atoms with Crippen LogP contribution in [0.1, 0.15) is 30.5 Å². The van der Waals surface area contributed by atoms with E-state index in [1.165, 1.54) is 24.4 Å². The van der Waals surface area contributed by atoms with E-state index in [1.807, 2.05) is 4.90 Å². The summed E-state index contributed by atoms with van der Waals surface area (Å²) < 4.78 is 35.5. The van der Waals surface area contributed by atoms with Gasteiger partial charge in [-0.2, -0.15) is 0 Å². The Balaban J connectivity index is 1.60. The highest BCUT2D eigenvalue weighted by molar-refractivity contribution is 6.34. The summed E-state index contributed by atoms with van der Waals surface area (Å²) in [6, 6.07) is 7.29. The van der Waals surface area contributed by atoms with Crippen molar-refractivity contribution in [1.82, 2.24) is 9.88 Å². The van der Waals surface area contributed by atoms with Crippen LogP contribution in [0.15, 0.2) is 41.3 Å². The topological polar surface area (TPSA) is 83.8 Å². The summed E-state index contributed by atoms with van der Waals surface area (Å²) in [6.07, 6.45) is 1.20. The van der Waals surface area contributed by atoms with Gasteiger partial charge in [-0.3, -0.25) is 4.79 Å². The molecule has 172 valence electrons. The largest absolute Gasteiger partial charge is 0.511 e. The second kappa shape index (κ2) is 8.31. The normalized spacial score (nSPS) is 18.5. The summed E-state index contributed by atoms with van der Waals surface area (Å²) in [5, 5.41) is 12.3. The molecule has 0 bridgehead atoms. The molecule has 0 spiro atoms. The third kappa shape index (κ3) is 4.02. The third-order valence-electron chi connectivity index (χ3n) is 6.05. The monoisotopic (exact) mass is 475 g/mol. The van der Waals surface area contributed by atoms with Crippen LogP contribution in [0.4, 0.5) is 19.3 Å². The van der Waals surface area contributed by atoms with E-state index in [9.17, 15) is 14.0 Å². The number of piperazine rings is 1. The van der Waals surface area contributed by atoms with Crippen molar-refractivity contribution >= 4 is 34.3 Å². The lowest BCUT2D eigenvalue weighted by Crippen LogP contribution is -2.46. The van der Waals surface area contributed by atoms with Gasteiger partial charge in [0.05, 0.1) is 27.8 Å². The van der Waals surface area contributed by atoms with E-state index in [-0.39, 0.29) is 45.3 Å². The van der Waals surface area contributed by atoms with Crippen molar-refractivity contribution in [3.8, 4) is 5.75 Å². The Morgan fingerprint density at radius 3 is 2.61 bits per heavy atom. The van der Waals surface area contributed by atoms with Crippen molar-refractivity contribution in [2.45, 2.75) is 24.9 Å². The Bertz CT molecular complexity index is 1310. The van der Waals surface area contributed by atoms with Crippen LogP contribution in [0, 0.1) is 11.6 Å². The zero-order valence-electron chi connectivity index (χ0n) is 17.4. The fourth-order valence-corrected chi connectivity index (χ4v) is 4.69. The number of nitrogens with zero attached hydrogens (tertiary/aromatic N) is 2. The van der Waals surface area contributed by atoms with Gasteiger partial charge in [0.2, 0.25) is 5.43 Å². The zero-order valence-corrected chi connectivity index (χ0v) is 18.1. The number of hydrogen-bond donors (Lipinski definition) is 2. The highest BCUT2D eigenvalue weighted by Crippen LogP contribution is 2.42. The molecule has 1 unspecified atom stereocenters. The number of pyridine rings is 1. The molecule has 10 heteroatoms. The van der Waals surface area contributed by atoms with Crippen molar-refractivity contribution in [2.24, 2.45) is 0 Å². The smallest absolute Gasteiger partial charge is 0.449 e. The van der Waals surface area contributed by atoms with Crippen LogP contribution in [0.25, 0.3) is 10.9 Å². The molecular formula is C23H20ClF2N3O4. The lowest BCUT2D eigenvalue weighted by atomic mass is 10.0. The van der Waals surface area contributed by atoms with Gasteiger partial charge in [-0.25, -0.2) is 13.6 Å². The van der Waals surface area contributed by atoms with E-state index >= 15 is 4.39 Å². The molecule has 3 aromatic rings. The first kappa shape index (κ1) is 21.7. The molecule has 1 saturated heterocycles. The van der Waals surface area contributed by atoms with Crippen LogP contribution in [0.5, 0.6) is 5.75 Å². The lowest BCUT2D eigenvalue weighted by Gasteiger charge is -2.36. The first-order valence-corrected chi connectivity index (χ1v) is 10.9. The van der Waals surface area contributed by atoms with Crippen molar-refractivity contribution in [1.29, 1.82) is 0 Å². The van der Waals surface area contributed by atoms with E-state index < -0.39 is 17.4 Å². The third-order valence-corrected chi connectivity index (χ3v) is 6.34. The van der Waals surface area contributed by atoms with E-state index in [1.54, 1.807) is 16.7 Å². The van der Waals surface area contributed by atoms with Crippen molar-refractivity contribution in [3.63, 3.8) is 0 Å². The van der Waals surface area contributed by atoms with Gasteiger partial charge in [0, 0.05) is 31.7 Å². The minimum absolute atomic E-state index is 0.0304. The summed E-state index contributed by atoms with van der Waals surface area (Å²) in [5.74, 6) is -1.36. The fraction of sp³-hybridized carbons (Fsp3) is 0.304. The SMILES string of the molecule is O=C(O)Oc1cn(C2CC2)c2c(F)c(N3CCNC(c4ccc(F)cc4)C3)c(Cl)cc2c1=O. The molecule has 1 atom stereocenters. The molecule has 0 amide bonds. The number of halogens is 3. The maximum Gasteiger partial charge on any atom is 0.511 e. The number of anilines is 1. The Labute approximate surface area is 192 Å². The van der Waals surface area contributed by atoms with E-state index in [0.29, 0.717) is 19.6 Å². The number of carboxylic acid groups (broad SMARTS) is 1. The molecule has 2 heterocycles. The van der Waals surface area contributed by atoms with Gasteiger partial charge in [-0.1, -0.05) is 23.7 Å². The first-order chi connectivity index (χ1) is 15.8. The number of ether oxygens (including phenoxy) is 1. The van der Waals surface area contributed by atoms with Crippen LogP contribution in [0.3, 0.4) is 0 Å². The first-order valence-electron chi connectivity index (χ1n) is 10.5. The molecule has 2 N–H and O–H groups in total. The Morgan fingerprint density at radius 1 is 1.21 bits per heavy atom. The number of hydrogen-bond acceptors (Lipinski definition) is 5. The summed E-state index contributed by atoms with van der Waals surface area (Å²) in [4.78, 5) is 25.7. The Morgan fingerprint density at radius 2 is 1.94 bits per heavy atom. The van der Waals surface area contributed by atoms with Gasteiger partial charge in [0.1, 0.15) is 5.82 Å². The molecule has 33 heavy (non-hydrogen) atoms. The van der Waals surface area contributed by atoms with Crippen LogP contribution in [-0.2, 0) is 0 Å². The lowest BCUT2D eigenvalue weighted by molar-refractivity contribution is 0.143. The van der Waals surface area contributed by atoms with Gasteiger partial charge >= 0.3 is 6.16 Å². The molecule has 0 radical (unpaired) electrons. The number of nitrogens with one attached hydrogen (secondary N) is 1. The number of benzene rings is 2. The maximum absolute atomic E-state index is 16.0. The molecule has 7 nitrogen and oxygen atoms in total. The Hall–Kier alpha value is -3.17. The fourth-order valence-electron chi connectivity index (χ4n) is 4.38. The molecular weight excluding hydrogens is 456 g/mol. The molecule has 2 aromatic carbocycles. The van der Waals surface area contributed by atoms with E-state index in [4.69, 9.17) is 16.7 Å². The Kier molecular flexibility index (Phi) is 5.46. The van der Waals surface area contributed by atoms with Gasteiger partial charge in [-0.05, 0) is 36.6 Å². The van der Waals surface area contributed by atoms with Crippen LogP contribution >= 0.6 is 11.6 Å². The molecule has 1 aliphatic carbocycles. The standard InChI is InChI=1S/C23H20ClF2N3O4/c24-16-9-15-20(29(14-5-6-14)11-18(22(15)30)33-23(31)32)19(26)21(16)28-8-7-27-17(10-28)12-1-3-13(25)4-2-12/h1-4,9,11,14,17,27H,5-8,10H2,(H,31,32). The van der Waals surface area contributed by atoms with E-state index in [2.05, 4.69) is 10.1 Å². The molecule has 2 fully saturated rings. The average Bonchev–Trinajstić information content (AvgIpc) is 3.62. The molecule has 1 saturated carbocycles. The maximum atomic E-state index is 16.0. The predicted molar refractivity (Wildman–Crippen MR) is 119 cm³/mol. The van der Waals surface area contributed by atoms with Crippen molar-refractivity contribution < 1.29 is 23.4 Å². The summed E-state index contributed by atoms with van der Waals surface area (Å²) in [6.45, 7) is 1.42. The van der Waals surface area contributed by atoms with E-state index in [0.717, 1.165) is 18.4 Å². The highest BCUT2D eigenvalue weighted by atomic mass is 35.5. The van der Waals surface area contributed by atoms with Gasteiger partial charge in [0.15, 0.2) is 11.6 Å². The number of rotatable bonds is 4. The van der Waals surface area contributed by atoms with Crippen LogP contribution in [-0.4, -0.2) is 35.5 Å². The van der Waals surface area contributed by atoms with Crippen LogP contribution < -0.4 is 20.4 Å². The average molecular weight is 476 g/mol. The van der Waals surface area contributed by atoms with Gasteiger partial charge in [-0.15, -0.1) is 0 Å². The number of aromatic nitrogens is 1. The molecule has 2 aliphatic rings. The van der Waals surface area contributed by atoms with Crippen LogP contribution in [0.2, 0.25) is 5.02 Å². The molecule has 5 rings (SSSR count). The zero-order chi connectivity index (χ0) is 23.3. The highest BCUT2D eigenvalue weighted by Gasteiger charge is 2.31.